The molecule has 0 saturated heterocycles. The normalized spacial score (nSPS) is 11.3. The molecule has 0 atom stereocenters. The number of carbonyl (C=O) groups excluding carboxylic acids is 2. The fourth-order valence-corrected chi connectivity index (χ4v) is 2.69. The van der Waals surface area contributed by atoms with Gasteiger partial charge in [0.25, 0.3) is 0 Å². The van der Waals surface area contributed by atoms with Crippen LogP contribution in [0.2, 0.25) is 25.7 Å². The van der Waals surface area contributed by atoms with Gasteiger partial charge in [-0.3, -0.25) is 4.79 Å². The Hall–Kier alpha value is -1.80. The second-order valence-corrected chi connectivity index (χ2v) is 12.6. The maximum atomic E-state index is 14.1. The average Bonchev–Trinajstić information content (AvgIpc) is 2.53. The van der Waals surface area contributed by atoms with Crippen LogP contribution in [0.5, 0.6) is 0 Å². The summed E-state index contributed by atoms with van der Waals surface area (Å²) >= 11 is 0. The van der Waals surface area contributed by atoms with Crippen molar-refractivity contribution in [3.8, 4) is 0 Å². The monoisotopic (exact) mass is 388 g/mol. The SMILES string of the molecule is CCOCCOC(=O)Cc1c(F)cc(C(=O)OCC[Si](C)(C)C)cc1F. The minimum atomic E-state index is -1.38. The molecule has 0 radical (unpaired) electrons. The van der Waals surface area contributed by atoms with Crippen LogP contribution in [-0.2, 0) is 25.4 Å². The van der Waals surface area contributed by atoms with Crippen LogP contribution in [0.1, 0.15) is 22.8 Å². The fraction of sp³-hybridized carbons (Fsp3) is 0.556. The van der Waals surface area contributed by atoms with Crippen LogP contribution in [0.4, 0.5) is 8.78 Å². The number of halogens is 2. The highest BCUT2D eigenvalue weighted by atomic mass is 28.3. The van der Waals surface area contributed by atoms with Crippen molar-refractivity contribution in [2.24, 2.45) is 0 Å². The van der Waals surface area contributed by atoms with Crippen molar-refractivity contribution >= 4 is 20.0 Å². The molecule has 0 spiro atoms. The first-order valence-corrected chi connectivity index (χ1v) is 12.2. The Bertz CT molecular complexity index is 605. The lowest BCUT2D eigenvalue weighted by atomic mass is 10.1. The first-order chi connectivity index (χ1) is 12.1. The van der Waals surface area contributed by atoms with Crippen LogP contribution in [-0.4, -0.2) is 46.4 Å². The standard InChI is InChI=1S/C18H26F2O5Si/c1-5-23-6-7-24-17(21)12-14-15(19)10-13(11-16(14)20)18(22)25-8-9-26(2,3)4/h10-11H,5-9,12H2,1-4H3. The molecule has 0 aromatic heterocycles. The van der Waals surface area contributed by atoms with E-state index in [0.717, 1.165) is 18.2 Å². The van der Waals surface area contributed by atoms with E-state index in [2.05, 4.69) is 19.6 Å². The largest absolute Gasteiger partial charge is 0.463 e. The van der Waals surface area contributed by atoms with Crippen LogP contribution in [0, 0.1) is 11.6 Å². The van der Waals surface area contributed by atoms with Gasteiger partial charge in [0.15, 0.2) is 0 Å². The Morgan fingerprint density at radius 1 is 1.00 bits per heavy atom. The summed E-state index contributed by atoms with van der Waals surface area (Å²) in [5.41, 5.74) is -0.658. The quantitative estimate of drug-likeness (QED) is 0.348. The van der Waals surface area contributed by atoms with E-state index >= 15 is 0 Å². The highest BCUT2D eigenvalue weighted by Crippen LogP contribution is 2.18. The molecule has 5 nitrogen and oxygen atoms in total. The molecule has 8 heteroatoms. The molecule has 0 fully saturated rings. The summed E-state index contributed by atoms with van der Waals surface area (Å²) in [6.45, 7) is 9.10. The third kappa shape index (κ3) is 8.05. The van der Waals surface area contributed by atoms with Crippen molar-refractivity contribution in [1.29, 1.82) is 0 Å². The van der Waals surface area contributed by atoms with E-state index in [1.54, 1.807) is 6.92 Å². The third-order valence-electron chi connectivity index (χ3n) is 3.48. The Labute approximate surface area is 153 Å². The predicted molar refractivity (Wildman–Crippen MR) is 95.9 cm³/mol. The van der Waals surface area contributed by atoms with Crippen molar-refractivity contribution in [2.75, 3.05) is 26.4 Å². The van der Waals surface area contributed by atoms with Gasteiger partial charge in [-0.1, -0.05) is 19.6 Å². The van der Waals surface area contributed by atoms with Gasteiger partial charge < -0.3 is 14.2 Å². The van der Waals surface area contributed by atoms with E-state index in [0.29, 0.717) is 6.61 Å². The molecule has 1 aromatic carbocycles. The Morgan fingerprint density at radius 2 is 1.62 bits per heavy atom. The molecule has 0 unspecified atom stereocenters. The fourth-order valence-electron chi connectivity index (χ4n) is 1.98. The van der Waals surface area contributed by atoms with E-state index < -0.39 is 43.6 Å². The maximum absolute atomic E-state index is 14.1. The molecule has 26 heavy (non-hydrogen) atoms. The zero-order valence-electron chi connectivity index (χ0n) is 15.7. The zero-order valence-corrected chi connectivity index (χ0v) is 16.7. The van der Waals surface area contributed by atoms with E-state index in [9.17, 15) is 18.4 Å². The van der Waals surface area contributed by atoms with E-state index in [-0.39, 0.29) is 25.4 Å². The molecular weight excluding hydrogens is 362 g/mol. The van der Waals surface area contributed by atoms with E-state index in [1.165, 1.54) is 0 Å². The summed E-state index contributed by atoms with van der Waals surface area (Å²) < 4.78 is 43.1. The van der Waals surface area contributed by atoms with Crippen molar-refractivity contribution in [3.05, 3.63) is 34.9 Å². The van der Waals surface area contributed by atoms with Crippen molar-refractivity contribution in [2.45, 2.75) is 39.0 Å². The first-order valence-electron chi connectivity index (χ1n) is 8.52. The number of rotatable bonds is 10. The highest BCUT2D eigenvalue weighted by molar-refractivity contribution is 6.76. The molecule has 1 aromatic rings. The predicted octanol–water partition coefficient (Wildman–Crippen LogP) is 3.58. The molecule has 0 aliphatic heterocycles. The lowest BCUT2D eigenvalue weighted by Crippen LogP contribution is -2.22. The number of hydrogen-bond acceptors (Lipinski definition) is 5. The molecule has 0 amide bonds. The number of hydrogen-bond donors (Lipinski definition) is 0. The van der Waals surface area contributed by atoms with Crippen molar-refractivity contribution in [3.63, 3.8) is 0 Å². The molecule has 0 N–H and O–H groups in total. The molecule has 0 heterocycles. The van der Waals surface area contributed by atoms with Crippen LogP contribution in [0.25, 0.3) is 0 Å². The van der Waals surface area contributed by atoms with Crippen LogP contribution in [0.3, 0.4) is 0 Å². The van der Waals surface area contributed by atoms with Gasteiger partial charge in [0.1, 0.15) is 18.2 Å². The van der Waals surface area contributed by atoms with E-state index in [4.69, 9.17) is 14.2 Å². The van der Waals surface area contributed by atoms with Gasteiger partial charge in [-0.25, -0.2) is 13.6 Å². The molecule has 0 aliphatic carbocycles. The molecular formula is C18H26F2O5Si. The summed E-state index contributed by atoms with van der Waals surface area (Å²) in [5.74, 6) is -3.52. The van der Waals surface area contributed by atoms with Gasteiger partial charge in [-0.05, 0) is 25.1 Å². The molecule has 0 saturated carbocycles. The molecule has 0 aliphatic rings. The van der Waals surface area contributed by atoms with Gasteiger partial charge in [-0.15, -0.1) is 0 Å². The lowest BCUT2D eigenvalue weighted by Gasteiger charge is -2.15. The lowest BCUT2D eigenvalue weighted by molar-refractivity contribution is -0.144. The van der Waals surface area contributed by atoms with Crippen LogP contribution in [0.15, 0.2) is 12.1 Å². The Balaban J connectivity index is 2.66. The third-order valence-corrected chi connectivity index (χ3v) is 5.18. The topological polar surface area (TPSA) is 61.8 Å². The average molecular weight is 388 g/mol. The maximum Gasteiger partial charge on any atom is 0.338 e. The summed E-state index contributed by atoms with van der Waals surface area (Å²) in [4.78, 5) is 23.6. The second-order valence-electron chi connectivity index (χ2n) is 6.96. The number of esters is 2. The van der Waals surface area contributed by atoms with Crippen molar-refractivity contribution in [1.82, 2.24) is 0 Å². The second kappa shape index (κ2) is 10.4. The minimum Gasteiger partial charge on any atom is -0.463 e. The summed E-state index contributed by atoms with van der Waals surface area (Å²) in [5, 5.41) is 0. The van der Waals surface area contributed by atoms with Crippen LogP contribution >= 0.6 is 0 Å². The summed E-state index contributed by atoms with van der Waals surface area (Å²) in [6.07, 6.45) is -0.561. The van der Waals surface area contributed by atoms with Gasteiger partial charge >= 0.3 is 11.9 Å². The molecule has 1 rings (SSSR count). The number of carbonyl (C=O) groups is 2. The minimum absolute atomic E-state index is 0.0113. The van der Waals surface area contributed by atoms with Crippen molar-refractivity contribution < 1.29 is 32.6 Å². The molecule has 146 valence electrons. The van der Waals surface area contributed by atoms with Gasteiger partial charge in [0.05, 0.1) is 25.2 Å². The smallest absolute Gasteiger partial charge is 0.338 e. The first kappa shape index (κ1) is 22.2. The van der Waals surface area contributed by atoms with Gasteiger partial charge in [0.2, 0.25) is 0 Å². The number of benzene rings is 1. The van der Waals surface area contributed by atoms with Gasteiger partial charge in [0, 0.05) is 20.2 Å². The Kier molecular flexibility index (Phi) is 8.87. The van der Waals surface area contributed by atoms with Crippen LogP contribution < -0.4 is 0 Å². The zero-order chi connectivity index (χ0) is 19.7. The van der Waals surface area contributed by atoms with E-state index in [1.807, 2.05) is 0 Å². The number of ether oxygens (including phenoxy) is 3. The summed E-state index contributed by atoms with van der Waals surface area (Å²) in [6, 6.07) is 2.51. The summed E-state index contributed by atoms with van der Waals surface area (Å²) in [7, 11) is -1.38. The molecule has 0 bridgehead atoms. The van der Waals surface area contributed by atoms with Gasteiger partial charge in [-0.2, -0.15) is 0 Å². The highest BCUT2D eigenvalue weighted by Gasteiger charge is 2.20. The Morgan fingerprint density at radius 3 is 2.15 bits per heavy atom.